The number of aromatic hydroxyl groups is 1. The number of phenolic OH excluding ortho intramolecular Hbond substituents is 1. The third-order valence-electron chi connectivity index (χ3n) is 2.24. The third-order valence-corrected chi connectivity index (χ3v) is 2.24. The molecule has 2 N–H and O–H groups in total. The second-order valence-electron chi connectivity index (χ2n) is 3.63. The van der Waals surface area contributed by atoms with Crippen molar-refractivity contribution in [3.05, 3.63) is 29.8 Å². The number of amides is 2. The van der Waals surface area contributed by atoms with E-state index in [-0.39, 0.29) is 29.7 Å². The molecule has 0 aromatic heterocycles. The summed E-state index contributed by atoms with van der Waals surface area (Å²) >= 11 is 0. The van der Waals surface area contributed by atoms with Crippen LogP contribution in [0.3, 0.4) is 0 Å². The van der Waals surface area contributed by atoms with Crippen molar-refractivity contribution in [2.75, 3.05) is 20.1 Å². The first-order valence-electron chi connectivity index (χ1n) is 5.36. The Kier molecular flexibility index (Phi) is 4.51. The largest absolute Gasteiger partial charge is 0.507 e. The van der Waals surface area contributed by atoms with Crippen LogP contribution in [-0.2, 0) is 4.79 Å². The van der Waals surface area contributed by atoms with Crippen molar-refractivity contribution < 1.29 is 14.7 Å². The molecular weight excluding hydrogens is 220 g/mol. The van der Waals surface area contributed by atoms with Gasteiger partial charge in [0.2, 0.25) is 5.91 Å². The molecule has 0 unspecified atom stereocenters. The highest BCUT2D eigenvalue weighted by molar-refractivity contribution is 5.98. The molecule has 0 radical (unpaired) electrons. The van der Waals surface area contributed by atoms with Gasteiger partial charge in [0.05, 0.1) is 12.1 Å². The zero-order valence-corrected chi connectivity index (χ0v) is 9.93. The second kappa shape index (κ2) is 5.89. The lowest BCUT2D eigenvalue weighted by Gasteiger charge is -2.17. The smallest absolute Gasteiger partial charge is 0.257 e. The fourth-order valence-corrected chi connectivity index (χ4v) is 1.40. The summed E-state index contributed by atoms with van der Waals surface area (Å²) in [5.74, 6) is -0.687. The van der Waals surface area contributed by atoms with Gasteiger partial charge >= 0.3 is 0 Å². The van der Waals surface area contributed by atoms with E-state index < -0.39 is 0 Å². The van der Waals surface area contributed by atoms with Gasteiger partial charge in [-0.3, -0.25) is 9.59 Å². The Morgan fingerprint density at radius 2 is 2.00 bits per heavy atom. The number of benzene rings is 1. The van der Waals surface area contributed by atoms with E-state index >= 15 is 0 Å². The highest BCUT2D eigenvalue weighted by Crippen LogP contribution is 2.16. The number of rotatable bonds is 4. The molecule has 17 heavy (non-hydrogen) atoms. The normalized spacial score (nSPS) is 9.76. The predicted molar refractivity (Wildman–Crippen MR) is 63.8 cm³/mol. The Labute approximate surface area is 100 Å². The van der Waals surface area contributed by atoms with Gasteiger partial charge in [-0.1, -0.05) is 12.1 Å². The highest BCUT2D eigenvalue weighted by atomic mass is 16.3. The molecule has 0 bridgehead atoms. The van der Waals surface area contributed by atoms with Crippen LogP contribution in [-0.4, -0.2) is 42.0 Å². The molecule has 0 saturated carbocycles. The molecule has 0 aliphatic heterocycles. The van der Waals surface area contributed by atoms with Crippen LogP contribution in [0.1, 0.15) is 17.3 Å². The van der Waals surface area contributed by atoms with Crippen molar-refractivity contribution in [3.63, 3.8) is 0 Å². The summed E-state index contributed by atoms with van der Waals surface area (Å²) in [6.45, 7) is 2.31. The number of hydrogen-bond donors (Lipinski definition) is 2. The SMILES string of the molecule is CCNC(=O)CN(C)C(=O)c1ccccc1O. The van der Waals surface area contributed by atoms with Crippen molar-refractivity contribution in [1.29, 1.82) is 0 Å². The maximum absolute atomic E-state index is 11.9. The highest BCUT2D eigenvalue weighted by Gasteiger charge is 2.17. The lowest BCUT2D eigenvalue weighted by atomic mass is 10.2. The van der Waals surface area contributed by atoms with Gasteiger partial charge in [0.1, 0.15) is 5.75 Å². The number of carbonyl (C=O) groups is 2. The number of hydrogen-bond acceptors (Lipinski definition) is 3. The van der Waals surface area contributed by atoms with Crippen molar-refractivity contribution in [3.8, 4) is 5.75 Å². The van der Waals surface area contributed by atoms with Crippen LogP contribution in [0.25, 0.3) is 0 Å². The first-order valence-corrected chi connectivity index (χ1v) is 5.36. The minimum absolute atomic E-state index is 0.0268. The number of phenols is 1. The van der Waals surface area contributed by atoms with Crippen molar-refractivity contribution >= 4 is 11.8 Å². The van der Waals surface area contributed by atoms with Gasteiger partial charge in [0, 0.05) is 13.6 Å². The monoisotopic (exact) mass is 236 g/mol. The average molecular weight is 236 g/mol. The van der Waals surface area contributed by atoms with Crippen molar-refractivity contribution in [2.45, 2.75) is 6.92 Å². The number of para-hydroxylation sites is 1. The summed E-state index contributed by atoms with van der Waals surface area (Å²) in [5, 5.41) is 12.1. The van der Waals surface area contributed by atoms with E-state index in [0.29, 0.717) is 6.54 Å². The van der Waals surface area contributed by atoms with Gasteiger partial charge in [0.25, 0.3) is 5.91 Å². The topological polar surface area (TPSA) is 69.6 Å². The number of nitrogens with zero attached hydrogens (tertiary/aromatic N) is 1. The number of nitrogens with one attached hydrogen (secondary N) is 1. The quantitative estimate of drug-likeness (QED) is 0.804. The van der Waals surface area contributed by atoms with Crippen LogP contribution >= 0.6 is 0 Å². The summed E-state index contributed by atoms with van der Waals surface area (Å²) in [7, 11) is 1.52. The Hall–Kier alpha value is -2.04. The molecule has 0 heterocycles. The van der Waals surface area contributed by atoms with Crippen LogP contribution in [0.5, 0.6) is 5.75 Å². The van der Waals surface area contributed by atoms with E-state index in [9.17, 15) is 14.7 Å². The maximum atomic E-state index is 11.9. The van der Waals surface area contributed by atoms with Crippen molar-refractivity contribution in [2.24, 2.45) is 0 Å². The molecule has 0 fully saturated rings. The Morgan fingerprint density at radius 3 is 2.59 bits per heavy atom. The molecule has 1 aromatic rings. The minimum atomic E-state index is -0.380. The maximum Gasteiger partial charge on any atom is 0.257 e. The Balaban J connectivity index is 2.70. The lowest BCUT2D eigenvalue weighted by molar-refractivity contribution is -0.121. The van der Waals surface area contributed by atoms with E-state index in [1.165, 1.54) is 24.1 Å². The van der Waals surface area contributed by atoms with E-state index in [1.807, 2.05) is 6.92 Å². The molecule has 2 amide bonds. The first kappa shape index (κ1) is 13.0. The van der Waals surface area contributed by atoms with E-state index in [2.05, 4.69) is 5.32 Å². The molecule has 1 aromatic carbocycles. The van der Waals surface area contributed by atoms with E-state index in [1.54, 1.807) is 12.1 Å². The Bertz CT molecular complexity index is 418. The van der Waals surface area contributed by atoms with Crippen LogP contribution in [0, 0.1) is 0 Å². The van der Waals surface area contributed by atoms with Gasteiger partial charge in [-0.2, -0.15) is 0 Å². The molecule has 0 saturated heterocycles. The van der Waals surface area contributed by atoms with Crippen LogP contribution in [0.4, 0.5) is 0 Å². The second-order valence-corrected chi connectivity index (χ2v) is 3.63. The average Bonchev–Trinajstić information content (AvgIpc) is 2.29. The fraction of sp³-hybridized carbons (Fsp3) is 0.333. The number of likely N-dealkylation sites (N-methyl/N-ethyl adjacent to an activating group) is 2. The molecule has 0 spiro atoms. The van der Waals surface area contributed by atoms with Gasteiger partial charge in [-0.25, -0.2) is 0 Å². The minimum Gasteiger partial charge on any atom is -0.507 e. The fourth-order valence-electron chi connectivity index (χ4n) is 1.40. The zero-order valence-electron chi connectivity index (χ0n) is 9.93. The summed E-state index contributed by atoms with van der Waals surface area (Å²) in [5.41, 5.74) is 0.194. The lowest BCUT2D eigenvalue weighted by Crippen LogP contribution is -2.38. The third kappa shape index (κ3) is 3.48. The molecular formula is C12H16N2O3. The molecule has 0 atom stereocenters. The standard InChI is InChI=1S/C12H16N2O3/c1-3-13-11(16)8-14(2)12(17)9-6-4-5-7-10(9)15/h4-7,15H,3,8H2,1-2H3,(H,13,16). The molecule has 1 rings (SSSR count). The van der Waals surface area contributed by atoms with Crippen LogP contribution in [0.15, 0.2) is 24.3 Å². The van der Waals surface area contributed by atoms with Crippen molar-refractivity contribution in [1.82, 2.24) is 10.2 Å². The van der Waals surface area contributed by atoms with Crippen LogP contribution in [0.2, 0.25) is 0 Å². The number of carbonyl (C=O) groups excluding carboxylic acids is 2. The van der Waals surface area contributed by atoms with Gasteiger partial charge in [0.15, 0.2) is 0 Å². The molecule has 0 aliphatic rings. The molecule has 5 nitrogen and oxygen atoms in total. The van der Waals surface area contributed by atoms with E-state index in [0.717, 1.165) is 0 Å². The summed E-state index contributed by atoms with van der Waals surface area (Å²) in [4.78, 5) is 24.5. The van der Waals surface area contributed by atoms with Gasteiger partial charge < -0.3 is 15.3 Å². The van der Waals surface area contributed by atoms with Crippen LogP contribution < -0.4 is 5.32 Å². The first-order chi connectivity index (χ1) is 8.06. The predicted octanol–water partition coefficient (Wildman–Crippen LogP) is 0.600. The van der Waals surface area contributed by atoms with Gasteiger partial charge in [-0.05, 0) is 19.1 Å². The summed E-state index contributed by atoms with van der Waals surface area (Å²) in [6.07, 6.45) is 0. The van der Waals surface area contributed by atoms with Gasteiger partial charge in [-0.15, -0.1) is 0 Å². The summed E-state index contributed by atoms with van der Waals surface area (Å²) < 4.78 is 0. The molecule has 5 heteroatoms. The molecule has 92 valence electrons. The zero-order chi connectivity index (χ0) is 12.8. The Morgan fingerprint density at radius 1 is 1.35 bits per heavy atom. The van der Waals surface area contributed by atoms with E-state index in [4.69, 9.17) is 0 Å². The molecule has 0 aliphatic carbocycles. The summed E-state index contributed by atoms with van der Waals surface area (Å²) in [6, 6.07) is 6.25.